The van der Waals surface area contributed by atoms with Crippen LogP contribution in [0.5, 0.6) is 0 Å². The van der Waals surface area contributed by atoms with Crippen molar-refractivity contribution in [3.63, 3.8) is 0 Å². The van der Waals surface area contributed by atoms with Crippen LogP contribution >= 0.6 is 0 Å². The number of amides is 3. The monoisotopic (exact) mass is 425 g/mol. The lowest BCUT2D eigenvalue weighted by molar-refractivity contribution is -0.140. The molecule has 2 aliphatic rings. The Kier molecular flexibility index (Phi) is 4.17. The van der Waals surface area contributed by atoms with Gasteiger partial charge in [-0.05, 0) is 23.3 Å². The average molecular weight is 425 g/mol. The first-order chi connectivity index (χ1) is 14.8. The fourth-order valence-corrected chi connectivity index (χ4v) is 3.71. The maximum atomic E-state index is 12.8. The molecule has 1 saturated heterocycles. The summed E-state index contributed by atoms with van der Waals surface area (Å²) in [5.74, 6) is -0.432. The summed E-state index contributed by atoms with van der Waals surface area (Å²) in [6.07, 6.45) is -1.30. The van der Waals surface area contributed by atoms with E-state index in [4.69, 9.17) is 0 Å². The topological polar surface area (TPSA) is 90.4 Å². The SMILES string of the molecule is O=C1NC(=O)N(c2ccc3c(c2)N=CC3)C1c1ccc(-c2ncc(C(F)(F)F)[nH]2)cc1. The second-order valence-electron chi connectivity index (χ2n) is 7.16. The van der Waals surface area contributed by atoms with E-state index in [0.717, 1.165) is 17.4 Å². The Morgan fingerprint density at radius 1 is 1.06 bits per heavy atom. The van der Waals surface area contributed by atoms with Gasteiger partial charge in [-0.25, -0.2) is 9.78 Å². The number of H-pyrrole nitrogens is 1. The minimum Gasteiger partial charge on any atom is -0.334 e. The number of anilines is 1. The van der Waals surface area contributed by atoms with Crippen molar-refractivity contribution in [3.8, 4) is 11.4 Å². The molecule has 3 amide bonds. The van der Waals surface area contributed by atoms with Crippen LogP contribution in [-0.2, 0) is 17.4 Å². The predicted molar refractivity (Wildman–Crippen MR) is 106 cm³/mol. The number of imidazole rings is 1. The second kappa shape index (κ2) is 6.79. The van der Waals surface area contributed by atoms with Crippen molar-refractivity contribution in [2.75, 3.05) is 4.90 Å². The maximum absolute atomic E-state index is 12.8. The third-order valence-electron chi connectivity index (χ3n) is 5.23. The van der Waals surface area contributed by atoms with Gasteiger partial charge in [0.05, 0.1) is 11.9 Å². The van der Waals surface area contributed by atoms with Gasteiger partial charge in [-0.2, -0.15) is 13.2 Å². The first-order valence-corrected chi connectivity index (χ1v) is 9.33. The minimum atomic E-state index is -4.52. The molecule has 7 nitrogen and oxygen atoms in total. The Morgan fingerprint density at radius 2 is 1.84 bits per heavy atom. The summed E-state index contributed by atoms with van der Waals surface area (Å²) < 4.78 is 38.4. The molecular weight excluding hydrogens is 411 g/mol. The molecule has 5 rings (SSSR count). The second-order valence-corrected chi connectivity index (χ2v) is 7.16. The zero-order chi connectivity index (χ0) is 21.8. The van der Waals surface area contributed by atoms with Gasteiger partial charge in [-0.15, -0.1) is 0 Å². The Bertz CT molecular complexity index is 1230. The Morgan fingerprint density at radius 3 is 2.55 bits per heavy atom. The van der Waals surface area contributed by atoms with Gasteiger partial charge in [0.2, 0.25) is 0 Å². The highest BCUT2D eigenvalue weighted by molar-refractivity contribution is 6.14. The normalized spacial score (nSPS) is 17.9. The number of nitrogens with zero attached hydrogens (tertiary/aromatic N) is 3. The molecule has 3 heterocycles. The van der Waals surface area contributed by atoms with E-state index in [1.165, 1.54) is 4.90 Å². The standard InChI is InChI=1S/C21H14F3N5O2/c22-21(23,24)16-10-26-18(27-16)13-3-1-12(2-4-13)17-19(30)28-20(31)29(17)14-6-5-11-7-8-25-15(11)9-14/h1-6,8-10,17H,7H2,(H,26,27)(H,28,30,31). The van der Waals surface area contributed by atoms with Gasteiger partial charge in [0.25, 0.3) is 5.91 Å². The van der Waals surface area contributed by atoms with Gasteiger partial charge in [-0.3, -0.25) is 20.0 Å². The Hall–Kier alpha value is -3.95. The van der Waals surface area contributed by atoms with Gasteiger partial charge in [0.15, 0.2) is 0 Å². The molecule has 1 unspecified atom stereocenters. The summed E-state index contributed by atoms with van der Waals surface area (Å²) in [6.45, 7) is 0. The van der Waals surface area contributed by atoms with E-state index in [9.17, 15) is 22.8 Å². The van der Waals surface area contributed by atoms with Gasteiger partial charge < -0.3 is 4.98 Å². The van der Waals surface area contributed by atoms with E-state index < -0.39 is 29.9 Å². The third-order valence-corrected chi connectivity index (χ3v) is 5.23. The number of carbonyl (C=O) groups is 2. The third kappa shape index (κ3) is 3.25. The van der Waals surface area contributed by atoms with Crippen LogP contribution in [0.25, 0.3) is 11.4 Å². The molecule has 31 heavy (non-hydrogen) atoms. The van der Waals surface area contributed by atoms with Crippen molar-refractivity contribution in [2.24, 2.45) is 4.99 Å². The van der Waals surface area contributed by atoms with Crippen LogP contribution in [0.2, 0.25) is 0 Å². The molecule has 0 spiro atoms. The first-order valence-electron chi connectivity index (χ1n) is 9.33. The van der Waals surface area contributed by atoms with Crippen LogP contribution in [0.15, 0.2) is 53.7 Å². The van der Waals surface area contributed by atoms with Crippen LogP contribution in [0.3, 0.4) is 0 Å². The summed E-state index contributed by atoms with van der Waals surface area (Å²) in [4.78, 5) is 36.6. The molecule has 1 fully saturated rings. The highest BCUT2D eigenvalue weighted by Gasteiger charge is 2.40. The summed E-state index contributed by atoms with van der Waals surface area (Å²) in [5.41, 5.74) is 2.29. The number of fused-ring (bicyclic) bond motifs is 1. The molecule has 0 saturated carbocycles. The molecule has 1 aromatic heterocycles. The van der Waals surface area contributed by atoms with E-state index in [1.807, 2.05) is 6.07 Å². The number of aromatic nitrogens is 2. The number of urea groups is 1. The molecule has 1 atom stereocenters. The van der Waals surface area contributed by atoms with Crippen molar-refractivity contribution < 1.29 is 22.8 Å². The lowest BCUT2D eigenvalue weighted by Gasteiger charge is -2.22. The number of rotatable bonds is 3. The van der Waals surface area contributed by atoms with Crippen molar-refractivity contribution in [2.45, 2.75) is 18.6 Å². The largest absolute Gasteiger partial charge is 0.432 e. The summed E-state index contributed by atoms with van der Waals surface area (Å²) >= 11 is 0. The number of nitrogens with one attached hydrogen (secondary N) is 2. The number of benzene rings is 2. The summed E-state index contributed by atoms with van der Waals surface area (Å²) in [6, 6.07) is 10.2. The number of carbonyl (C=O) groups excluding carboxylic acids is 2. The van der Waals surface area contributed by atoms with Crippen LogP contribution < -0.4 is 10.2 Å². The summed E-state index contributed by atoms with van der Waals surface area (Å²) in [5, 5.41) is 2.31. The number of aliphatic imine (C=N–C) groups is 1. The maximum Gasteiger partial charge on any atom is 0.432 e. The molecule has 0 aliphatic carbocycles. The first kappa shape index (κ1) is 19.0. The molecular formula is C21H14F3N5O2. The van der Waals surface area contributed by atoms with E-state index in [2.05, 4.69) is 20.3 Å². The van der Waals surface area contributed by atoms with Gasteiger partial charge >= 0.3 is 12.2 Å². The molecule has 2 N–H and O–H groups in total. The highest BCUT2D eigenvalue weighted by atomic mass is 19.4. The van der Waals surface area contributed by atoms with Crippen molar-refractivity contribution >= 4 is 29.5 Å². The van der Waals surface area contributed by atoms with Crippen molar-refractivity contribution in [3.05, 3.63) is 65.5 Å². The smallest absolute Gasteiger partial charge is 0.334 e. The minimum absolute atomic E-state index is 0.0548. The van der Waals surface area contributed by atoms with E-state index in [-0.39, 0.29) is 5.82 Å². The molecule has 3 aromatic rings. The van der Waals surface area contributed by atoms with Crippen LogP contribution in [-0.4, -0.2) is 28.1 Å². The number of hydrogen-bond acceptors (Lipinski definition) is 4. The van der Waals surface area contributed by atoms with Gasteiger partial charge in [0, 0.05) is 23.9 Å². The lowest BCUT2D eigenvalue weighted by atomic mass is 10.0. The molecule has 0 bridgehead atoms. The Balaban J connectivity index is 1.47. The van der Waals surface area contributed by atoms with E-state index in [1.54, 1.807) is 42.6 Å². The quantitative estimate of drug-likeness (QED) is 0.618. The molecule has 156 valence electrons. The lowest BCUT2D eigenvalue weighted by Crippen LogP contribution is -2.29. The van der Waals surface area contributed by atoms with E-state index >= 15 is 0 Å². The van der Waals surface area contributed by atoms with Crippen LogP contribution in [0.1, 0.15) is 22.9 Å². The van der Waals surface area contributed by atoms with Crippen molar-refractivity contribution in [1.82, 2.24) is 15.3 Å². The van der Waals surface area contributed by atoms with Crippen LogP contribution in [0.4, 0.5) is 29.3 Å². The van der Waals surface area contributed by atoms with Gasteiger partial charge in [0.1, 0.15) is 17.6 Å². The fraction of sp³-hybridized carbons (Fsp3) is 0.143. The molecule has 10 heteroatoms. The highest BCUT2D eigenvalue weighted by Crippen LogP contribution is 2.36. The number of halogens is 3. The number of aromatic amines is 1. The van der Waals surface area contributed by atoms with Crippen molar-refractivity contribution in [1.29, 1.82) is 0 Å². The molecule has 0 radical (unpaired) electrons. The van der Waals surface area contributed by atoms with Gasteiger partial charge in [-0.1, -0.05) is 30.3 Å². The number of hydrogen-bond donors (Lipinski definition) is 2. The Labute approximate surface area is 173 Å². The van der Waals surface area contributed by atoms with E-state index in [0.29, 0.717) is 23.2 Å². The average Bonchev–Trinajstić information content (AvgIpc) is 3.45. The number of alkyl halides is 3. The molecule has 2 aromatic carbocycles. The summed E-state index contributed by atoms with van der Waals surface area (Å²) in [7, 11) is 0. The molecule has 2 aliphatic heterocycles. The zero-order valence-corrected chi connectivity index (χ0v) is 15.8. The van der Waals surface area contributed by atoms with Crippen LogP contribution in [0, 0.1) is 0 Å². The number of imide groups is 1. The zero-order valence-electron chi connectivity index (χ0n) is 15.8. The predicted octanol–water partition coefficient (Wildman–Crippen LogP) is 4.15. The fourth-order valence-electron chi connectivity index (χ4n) is 3.71.